The van der Waals surface area contributed by atoms with E-state index in [9.17, 15) is 4.39 Å². The van der Waals surface area contributed by atoms with Crippen LogP contribution >= 0.6 is 11.6 Å². The van der Waals surface area contributed by atoms with Crippen LogP contribution in [0.3, 0.4) is 0 Å². The molecule has 0 aliphatic carbocycles. The molecule has 3 aromatic heterocycles. The Balaban J connectivity index is 1.94. The number of nitrogen functional groups attached to an aromatic ring is 1. The van der Waals surface area contributed by atoms with Crippen LogP contribution in [0.4, 0.5) is 10.2 Å². The van der Waals surface area contributed by atoms with E-state index in [4.69, 9.17) is 17.3 Å². The predicted octanol–water partition coefficient (Wildman–Crippen LogP) is 3.25. The van der Waals surface area contributed by atoms with Gasteiger partial charge in [-0.2, -0.15) is 5.10 Å². The average Bonchev–Trinajstić information content (AvgIpc) is 3.02. The van der Waals surface area contributed by atoms with Crippen molar-refractivity contribution in [2.45, 2.75) is 0 Å². The lowest BCUT2D eigenvalue weighted by Gasteiger charge is -2.07. The molecule has 0 radical (unpaired) electrons. The summed E-state index contributed by atoms with van der Waals surface area (Å²) in [4.78, 5) is 12.4. The van der Waals surface area contributed by atoms with Crippen LogP contribution in [0.25, 0.3) is 27.8 Å². The number of aromatic nitrogens is 5. The molecule has 0 unspecified atom stereocenters. The number of hydrogen-bond donors (Lipinski definition) is 1. The Morgan fingerprint density at radius 3 is 2.75 bits per heavy atom. The Kier molecular flexibility index (Phi) is 3.35. The van der Waals surface area contributed by atoms with Gasteiger partial charge in [-0.25, -0.2) is 24.0 Å². The fourth-order valence-corrected chi connectivity index (χ4v) is 2.69. The van der Waals surface area contributed by atoms with E-state index >= 15 is 0 Å². The van der Waals surface area contributed by atoms with Crippen LogP contribution in [0.1, 0.15) is 0 Å². The van der Waals surface area contributed by atoms with Crippen LogP contribution in [0, 0.1) is 5.82 Å². The highest BCUT2D eigenvalue weighted by Crippen LogP contribution is 2.31. The molecule has 0 saturated carbocycles. The van der Waals surface area contributed by atoms with E-state index in [1.54, 1.807) is 29.3 Å². The number of nitrogens with zero attached hydrogens (tertiary/aromatic N) is 5. The SMILES string of the molecule is Nc1ncncc1-c1ccnc2c1cnn2-c1ccc(F)c(Cl)c1. The van der Waals surface area contributed by atoms with E-state index in [1.165, 1.54) is 18.5 Å². The van der Waals surface area contributed by atoms with Crippen molar-refractivity contribution in [3.05, 3.63) is 60.0 Å². The Labute approximate surface area is 140 Å². The fraction of sp³-hybridized carbons (Fsp3) is 0. The first-order valence-electron chi connectivity index (χ1n) is 6.99. The second-order valence-corrected chi connectivity index (χ2v) is 5.48. The highest BCUT2D eigenvalue weighted by atomic mass is 35.5. The first-order valence-corrected chi connectivity index (χ1v) is 7.37. The van der Waals surface area contributed by atoms with Gasteiger partial charge in [-0.1, -0.05) is 11.6 Å². The summed E-state index contributed by atoms with van der Waals surface area (Å²) in [6, 6.07) is 6.19. The topological polar surface area (TPSA) is 82.5 Å². The van der Waals surface area contributed by atoms with Crippen LogP contribution in [0.15, 0.2) is 49.2 Å². The average molecular weight is 341 g/mol. The predicted molar refractivity (Wildman–Crippen MR) is 89.3 cm³/mol. The molecule has 0 fully saturated rings. The van der Waals surface area contributed by atoms with Gasteiger partial charge in [-0.15, -0.1) is 0 Å². The van der Waals surface area contributed by atoms with Gasteiger partial charge in [0.15, 0.2) is 5.65 Å². The van der Waals surface area contributed by atoms with Gasteiger partial charge in [-0.05, 0) is 24.3 Å². The smallest absolute Gasteiger partial charge is 0.163 e. The lowest BCUT2D eigenvalue weighted by atomic mass is 10.1. The minimum Gasteiger partial charge on any atom is -0.383 e. The highest BCUT2D eigenvalue weighted by Gasteiger charge is 2.14. The monoisotopic (exact) mass is 340 g/mol. The Bertz CT molecular complexity index is 1060. The van der Waals surface area contributed by atoms with Crippen molar-refractivity contribution in [2.75, 3.05) is 5.73 Å². The number of nitrogens with two attached hydrogens (primary N) is 1. The van der Waals surface area contributed by atoms with Crippen LogP contribution in [-0.4, -0.2) is 24.7 Å². The summed E-state index contributed by atoms with van der Waals surface area (Å²) in [6.07, 6.45) is 6.35. The van der Waals surface area contributed by atoms with Crippen molar-refractivity contribution in [1.82, 2.24) is 24.7 Å². The minimum atomic E-state index is -0.486. The summed E-state index contributed by atoms with van der Waals surface area (Å²) in [5, 5.41) is 5.14. The number of anilines is 1. The second kappa shape index (κ2) is 5.54. The molecule has 0 aliphatic heterocycles. The zero-order chi connectivity index (χ0) is 16.7. The molecule has 0 saturated heterocycles. The lowest BCUT2D eigenvalue weighted by Crippen LogP contribution is -1.99. The van der Waals surface area contributed by atoms with Gasteiger partial charge in [-0.3, -0.25) is 0 Å². The third-order valence-electron chi connectivity index (χ3n) is 3.65. The quantitative estimate of drug-likeness (QED) is 0.605. The van der Waals surface area contributed by atoms with Crippen molar-refractivity contribution >= 4 is 28.5 Å². The first kappa shape index (κ1) is 14.5. The lowest BCUT2D eigenvalue weighted by molar-refractivity contribution is 0.627. The van der Waals surface area contributed by atoms with Crippen molar-refractivity contribution < 1.29 is 4.39 Å². The molecule has 0 amide bonds. The molecule has 0 atom stereocenters. The number of halogens is 2. The van der Waals surface area contributed by atoms with Gasteiger partial charge in [0.05, 0.1) is 16.9 Å². The van der Waals surface area contributed by atoms with E-state index in [-0.39, 0.29) is 5.02 Å². The number of fused-ring (bicyclic) bond motifs is 1. The number of rotatable bonds is 2. The normalized spacial score (nSPS) is 11.1. The summed E-state index contributed by atoms with van der Waals surface area (Å²) in [7, 11) is 0. The van der Waals surface area contributed by atoms with Gasteiger partial charge in [0.2, 0.25) is 0 Å². The largest absolute Gasteiger partial charge is 0.383 e. The molecule has 8 heteroatoms. The third kappa shape index (κ3) is 2.26. The Hall–Kier alpha value is -3.06. The maximum atomic E-state index is 13.4. The maximum absolute atomic E-state index is 13.4. The van der Waals surface area contributed by atoms with E-state index < -0.39 is 5.82 Å². The number of pyridine rings is 1. The van der Waals surface area contributed by atoms with Gasteiger partial charge in [0, 0.05) is 28.9 Å². The maximum Gasteiger partial charge on any atom is 0.163 e. The van der Waals surface area contributed by atoms with Gasteiger partial charge >= 0.3 is 0 Å². The van der Waals surface area contributed by atoms with Crippen molar-refractivity contribution in [2.24, 2.45) is 0 Å². The van der Waals surface area contributed by atoms with E-state index in [0.717, 1.165) is 10.9 Å². The van der Waals surface area contributed by atoms with Crippen molar-refractivity contribution in [3.8, 4) is 16.8 Å². The molecular weight excluding hydrogens is 331 g/mol. The molecule has 0 aliphatic rings. The molecule has 1 aromatic carbocycles. The van der Waals surface area contributed by atoms with E-state index in [1.807, 2.05) is 6.07 Å². The fourth-order valence-electron chi connectivity index (χ4n) is 2.52. The molecule has 4 rings (SSSR count). The molecule has 24 heavy (non-hydrogen) atoms. The zero-order valence-electron chi connectivity index (χ0n) is 12.2. The molecular formula is C16H10ClFN6. The molecule has 3 heterocycles. The molecule has 0 spiro atoms. The first-order chi connectivity index (χ1) is 11.6. The summed E-state index contributed by atoms with van der Waals surface area (Å²) in [6.45, 7) is 0. The molecule has 4 aromatic rings. The minimum absolute atomic E-state index is 0.0213. The number of benzene rings is 1. The van der Waals surface area contributed by atoms with Crippen LogP contribution < -0.4 is 5.73 Å². The van der Waals surface area contributed by atoms with E-state index in [2.05, 4.69) is 20.1 Å². The summed E-state index contributed by atoms with van der Waals surface area (Å²) in [5.41, 5.74) is 8.66. The van der Waals surface area contributed by atoms with E-state index in [0.29, 0.717) is 22.7 Å². The van der Waals surface area contributed by atoms with Crippen LogP contribution in [-0.2, 0) is 0 Å². The van der Waals surface area contributed by atoms with Gasteiger partial charge in [0.1, 0.15) is 18.0 Å². The standard InChI is InChI=1S/C16H10ClFN6/c17-13-5-9(1-2-14(13)18)24-16-12(7-23-24)10(3-4-21-16)11-6-20-8-22-15(11)19/h1-8H,(H2,19,20,22). The second-order valence-electron chi connectivity index (χ2n) is 5.07. The third-order valence-corrected chi connectivity index (χ3v) is 3.94. The summed E-state index contributed by atoms with van der Waals surface area (Å²) >= 11 is 5.86. The summed E-state index contributed by atoms with van der Waals surface area (Å²) in [5.74, 6) is -0.116. The Morgan fingerprint density at radius 1 is 1.08 bits per heavy atom. The van der Waals surface area contributed by atoms with Crippen LogP contribution in [0.5, 0.6) is 0 Å². The molecule has 6 nitrogen and oxygen atoms in total. The molecule has 2 N–H and O–H groups in total. The number of hydrogen-bond acceptors (Lipinski definition) is 5. The summed E-state index contributed by atoms with van der Waals surface area (Å²) < 4.78 is 15.0. The zero-order valence-corrected chi connectivity index (χ0v) is 12.9. The van der Waals surface area contributed by atoms with Crippen molar-refractivity contribution in [3.63, 3.8) is 0 Å². The van der Waals surface area contributed by atoms with Crippen LogP contribution in [0.2, 0.25) is 5.02 Å². The van der Waals surface area contributed by atoms with Gasteiger partial charge in [0.25, 0.3) is 0 Å². The van der Waals surface area contributed by atoms with Crippen molar-refractivity contribution in [1.29, 1.82) is 0 Å². The van der Waals surface area contributed by atoms with Gasteiger partial charge < -0.3 is 5.73 Å². The highest BCUT2D eigenvalue weighted by molar-refractivity contribution is 6.30. The molecule has 118 valence electrons. The molecule has 0 bridgehead atoms. The Morgan fingerprint density at radius 2 is 1.96 bits per heavy atom.